The number of carbonyl (C=O) groups is 1. The van der Waals surface area contributed by atoms with Gasteiger partial charge in [-0.05, 0) is 19.3 Å². The Bertz CT molecular complexity index is 244. The average Bonchev–Trinajstić information content (AvgIpc) is 2.29. The molecule has 2 unspecified atom stereocenters. The van der Waals surface area contributed by atoms with Gasteiger partial charge in [0.15, 0.2) is 0 Å². The molecule has 0 aliphatic rings. The Morgan fingerprint density at radius 1 is 1.24 bits per heavy atom. The number of nitrogens with one attached hydrogen (secondary N) is 1. The summed E-state index contributed by atoms with van der Waals surface area (Å²) >= 11 is 4.97. The second kappa shape index (κ2) is 9.40. The smallest absolute Gasteiger partial charge is 0.223 e. The molecule has 0 aliphatic carbocycles. The minimum atomic E-state index is -0.141. The zero-order valence-electron chi connectivity index (χ0n) is 11.3. The molecule has 0 fully saturated rings. The number of thiocarbonyl (C=S) groups is 1. The molecule has 100 valence electrons. The van der Waals surface area contributed by atoms with E-state index in [4.69, 9.17) is 18.0 Å². The van der Waals surface area contributed by atoms with E-state index in [1.54, 1.807) is 0 Å². The van der Waals surface area contributed by atoms with Crippen LogP contribution in [0.2, 0.25) is 0 Å². The first-order valence-corrected chi connectivity index (χ1v) is 7.07. The van der Waals surface area contributed by atoms with E-state index in [0.717, 1.165) is 38.5 Å². The van der Waals surface area contributed by atoms with Crippen LogP contribution in [0.5, 0.6) is 0 Å². The zero-order chi connectivity index (χ0) is 13.3. The lowest BCUT2D eigenvalue weighted by Gasteiger charge is -2.21. The van der Waals surface area contributed by atoms with Crippen molar-refractivity contribution in [2.45, 2.75) is 65.3 Å². The lowest BCUT2D eigenvalue weighted by Crippen LogP contribution is -2.45. The summed E-state index contributed by atoms with van der Waals surface area (Å²) in [6.45, 7) is 6.25. The van der Waals surface area contributed by atoms with Crippen molar-refractivity contribution < 1.29 is 4.79 Å². The Morgan fingerprint density at radius 3 is 2.29 bits per heavy atom. The Kier molecular flexibility index (Phi) is 9.04. The molecule has 0 saturated carbocycles. The van der Waals surface area contributed by atoms with Crippen molar-refractivity contribution >= 4 is 23.1 Å². The van der Waals surface area contributed by atoms with E-state index >= 15 is 0 Å². The van der Waals surface area contributed by atoms with Gasteiger partial charge in [-0.2, -0.15) is 0 Å². The molecule has 1 amide bonds. The van der Waals surface area contributed by atoms with Gasteiger partial charge in [0.05, 0.1) is 11.0 Å². The van der Waals surface area contributed by atoms with E-state index < -0.39 is 0 Å². The standard InChI is InChI=1S/C13H26N2OS/c1-4-7-9-10(6-3)13(16)15-11(8-5-2)12(14)17/h10-11H,4-9H2,1-3H3,(H2,14,17)(H,15,16). The van der Waals surface area contributed by atoms with E-state index in [2.05, 4.69) is 26.1 Å². The molecule has 17 heavy (non-hydrogen) atoms. The highest BCUT2D eigenvalue weighted by Crippen LogP contribution is 2.13. The lowest BCUT2D eigenvalue weighted by atomic mass is 9.98. The van der Waals surface area contributed by atoms with Gasteiger partial charge in [0, 0.05) is 5.92 Å². The van der Waals surface area contributed by atoms with E-state index in [-0.39, 0.29) is 17.9 Å². The van der Waals surface area contributed by atoms with Crippen molar-refractivity contribution in [2.24, 2.45) is 11.7 Å². The molecule has 0 saturated heterocycles. The largest absolute Gasteiger partial charge is 0.392 e. The third-order valence-electron chi connectivity index (χ3n) is 3.01. The highest BCUT2D eigenvalue weighted by Gasteiger charge is 2.20. The molecule has 0 radical (unpaired) electrons. The van der Waals surface area contributed by atoms with Crippen molar-refractivity contribution in [3.63, 3.8) is 0 Å². The fourth-order valence-electron chi connectivity index (χ4n) is 1.83. The summed E-state index contributed by atoms with van der Waals surface area (Å²) in [5.74, 6) is 0.204. The maximum atomic E-state index is 12.0. The summed E-state index contributed by atoms with van der Waals surface area (Å²) in [7, 11) is 0. The van der Waals surface area contributed by atoms with Crippen LogP contribution < -0.4 is 11.1 Å². The molecular weight excluding hydrogens is 232 g/mol. The SMILES string of the molecule is CCCCC(CC)C(=O)NC(CCC)C(N)=S. The number of hydrogen-bond acceptors (Lipinski definition) is 2. The third kappa shape index (κ3) is 6.61. The van der Waals surface area contributed by atoms with Crippen LogP contribution in [0.15, 0.2) is 0 Å². The van der Waals surface area contributed by atoms with E-state index in [0.29, 0.717) is 4.99 Å². The van der Waals surface area contributed by atoms with E-state index in [1.807, 2.05) is 0 Å². The molecule has 0 bridgehead atoms. The van der Waals surface area contributed by atoms with Crippen LogP contribution in [0.4, 0.5) is 0 Å². The second-order valence-corrected chi connectivity index (χ2v) is 4.97. The molecule has 0 aliphatic heterocycles. The summed E-state index contributed by atoms with van der Waals surface area (Å²) < 4.78 is 0. The van der Waals surface area contributed by atoms with Gasteiger partial charge in [-0.25, -0.2) is 0 Å². The van der Waals surface area contributed by atoms with Crippen LogP contribution in [0.25, 0.3) is 0 Å². The van der Waals surface area contributed by atoms with Crippen LogP contribution in [0, 0.1) is 5.92 Å². The topological polar surface area (TPSA) is 55.1 Å². The van der Waals surface area contributed by atoms with Crippen LogP contribution in [-0.2, 0) is 4.79 Å². The van der Waals surface area contributed by atoms with Gasteiger partial charge in [-0.1, -0.05) is 52.3 Å². The first-order chi connectivity index (χ1) is 8.06. The summed E-state index contributed by atoms with van der Waals surface area (Å²) in [6.07, 6.45) is 5.84. The van der Waals surface area contributed by atoms with Gasteiger partial charge in [0.25, 0.3) is 0 Å². The fraction of sp³-hybridized carbons (Fsp3) is 0.846. The van der Waals surface area contributed by atoms with Gasteiger partial charge in [0.2, 0.25) is 5.91 Å². The lowest BCUT2D eigenvalue weighted by molar-refractivity contribution is -0.125. The quantitative estimate of drug-likeness (QED) is 0.625. The molecule has 0 aromatic carbocycles. The Morgan fingerprint density at radius 2 is 1.88 bits per heavy atom. The number of carbonyl (C=O) groups excluding carboxylic acids is 1. The van der Waals surface area contributed by atoms with E-state index in [1.165, 1.54) is 0 Å². The Hall–Kier alpha value is -0.640. The van der Waals surface area contributed by atoms with Crippen LogP contribution in [-0.4, -0.2) is 16.9 Å². The van der Waals surface area contributed by atoms with Crippen molar-refractivity contribution in [3.8, 4) is 0 Å². The summed E-state index contributed by atoms with van der Waals surface area (Å²) in [5, 5.41) is 2.97. The normalized spacial score (nSPS) is 14.1. The number of nitrogens with two attached hydrogens (primary N) is 1. The van der Waals surface area contributed by atoms with Crippen molar-refractivity contribution in [3.05, 3.63) is 0 Å². The summed E-state index contributed by atoms with van der Waals surface area (Å²) in [5.41, 5.74) is 5.63. The van der Waals surface area contributed by atoms with Crippen molar-refractivity contribution in [1.82, 2.24) is 5.32 Å². The molecule has 3 nitrogen and oxygen atoms in total. The number of unbranched alkanes of at least 4 members (excludes halogenated alkanes) is 1. The van der Waals surface area contributed by atoms with Gasteiger partial charge in [0.1, 0.15) is 0 Å². The molecule has 3 N–H and O–H groups in total. The summed E-state index contributed by atoms with van der Waals surface area (Å²) in [6, 6.07) is -0.141. The predicted octanol–water partition coefficient (Wildman–Crippen LogP) is 2.77. The maximum Gasteiger partial charge on any atom is 0.223 e. The van der Waals surface area contributed by atoms with Gasteiger partial charge in [-0.3, -0.25) is 4.79 Å². The van der Waals surface area contributed by atoms with Gasteiger partial charge < -0.3 is 11.1 Å². The number of rotatable bonds is 9. The first kappa shape index (κ1) is 16.4. The number of amides is 1. The fourth-order valence-corrected chi connectivity index (χ4v) is 2.01. The monoisotopic (exact) mass is 258 g/mol. The van der Waals surface area contributed by atoms with Crippen LogP contribution in [0.1, 0.15) is 59.3 Å². The highest BCUT2D eigenvalue weighted by atomic mass is 32.1. The van der Waals surface area contributed by atoms with Crippen LogP contribution >= 0.6 is 12.2 Å². The molecule has 0 spiro atoms. The third-order valence-corrected chi connectivity index (χ3v) is 3.29. The average molecular weight is 258 g/mol. The molecule has 0 heterocycles. The molecular formula is C13H26N2OS. The maximum absolute atomic E-state index is 12.0. The molecule has 0 rings (SSSR count). The van der Waals surface area contributed by atoms with Crippen molar-refractivity contribution in [1.29, 1.82) is 0 Å². The first-order valence-electron chi connectivity index (χ1n) is 6.66. The molecule has 0 aromatic rings. The minimum absolute atomic E-state index is 0.101. The predicted molar refractivity (Wildman–Crippen MR) is 76.9 cm³/mol. The minimum Gasteiger partial charge on any atom is -0.392 e. The Labute approximate surface area is 111 Å². The highest BCUT2D eigenvalue weighted by molar-refractivity contribution is 7.80. The van der Waals surface area contributed by atoms with Gasteiger partial charge >= 0.3 is 0 Å². The molecule has 4 heteroatoms. The van der Waals surface area contributed by atoms with E-state index in [9.17, 15) is 4.79 Å². The molecule has 2 atom stereocenters. The second-order valence-electron chi connectivity index (χ2n) is 4.50. The zero-order valence-corrected chi connectivity index (χ0v) is 12.1. The van der Waals surface area contributed by atoms with Gasteiger partial charge in [-0.15, -0.1) is 0 Å². The molecule has 0 aromatic heterocycles. The number of hydrogen-bond donors (Lipinski definition) is 2. The van der Waals surface area contributed by atoms with Crippen molar-refractivity contribution in [2.75, 3.05) is 0 Å². The van der Waals surface area contributed by atoms with Crippen LogP contribution in [0.3, 0.4) is 0 Å². The Balaban J connectivity index is 4.30. The summed E-state index contributed by atoms with van der Waals surface area (Å²) in [4.78, 5) is 12.4.